The summed E-state index contributed by atoms with van der Waals surface area (Å²) >= 11 is 6.05. The van der Waals surface area contributed by atoms with Crippen LogP contribution < -0.4 is 4.90 Å². The molecular formula is C16H16ClN3O3. The number of halogens is 1. The molecule has 1 aliphatic rings. The smallest absolute Gasteiger partial charge is 0.287 e. The van der Waals surface area contributed by atoms with Gasteiger partial charge in [0.05, 0.1) is 24.1 Å². The van der Waals surface area contributed by atoms with Gasteiger partial charge in [-0.3, -0.25) is 10.1 Å². The van der Waals surface area contributed by atoms with Crippen LogP contribution in [0.15, 0.2) is 42.6 Å². The number of benzene rings is 1. The zero-order chi connectivity index (χ0) is 16.4. The highest BCUT2D eigenvalue weighted by atomic mass is 35.5. The predicted molar refractivity (Wildman–Crippen MR) is 87.8 cm³/mol. The lowest BCUT2D eigenvalue weighted by molar-refractivity contribution is -0.385. The largest absolute Gasteiger partial charge is 0.370 e. The number of hydrogen-bond acceptors (Lipinski definition) is 5. The Morgan fingerprint density at radius 2 is 2.22 bits per heavy atom. The van der Waals surface area contributed by atoms with Crippen LogP contribution in [-0.2, 0) is 4.74 Å². The number of nitrogens with zero attached hydrogens (tertiary/aromatic N) is 3. The summed E-state index contributed by atoms with van der Waals surface area (Å²) in [6.07, 6.45) is 1.17. The minimum Gasteiger partial charge on any atom is -0.370 e. The first-order valence-corrected chi connectivity index (χ1v) is 7.66. The Hall–Kier alpha value is -2.18. The molecule has 6 nitrogen and oxygen atoms in total. The van der Waals surface area contributed by atoms with Crippen LogP contribution >= 0.6 is 11.6 Å². The predicted octanol–water partition coefficient (Wildman–Crippen LogP) is 3.61. The molecule has 120 valence electrons. The van der Waals surface area contributed by atoms with Crippen LogP contribution in [0, 0.1) is 10.1 Å². The van der Waals surface area contributed by atoms with Crippen molar-refractivity contribution in [3.8, 4) is 0 Å². The van der Waals surface area contributed by atoms with Gasteiger partial charge in [-0.05, 0) is 30.7 Å². The number of hydrogen-bond donors (Lipinski definition) is 0. The summed E-state index contributed by atoms with van der Waals surface area (Å²) in [6.45, 7) is 3.21. The molecule has 0 aliphatic carbocycles. The molecule has 0 N–H and O–H groups in total. The van der Waals surface area contributed by atoms with Crippen LogP contribution in [0.4, 0.5) is 11.5 Å². The summed E-state index contributed by atoms with van der Waals surface area (Å²) < 4.78 is 5.91. The van der Waals surface area contributed by atoms with Crippen LogP contribution in [0.5, 0.6) is 0 Å². The van der Waals surface area contributed by atoms with E-state index in [9.17, 15) is 10.1 Å². The Bertz CT molecular complexity index is 708. The fourth-order valence-corrected chi connectivity index (χ4v) is 2.84. The van der Waals surface area contributed by atoms with Gasteiger partial charge in [-0.15, -0.1) is 0 Å². The van der Waals surface area contributed by atoms with Crippen molar-refractivity contribution in [1.29, 1.82) is 0 Å². The van der Waals surface area contributed by atoms with Crippen molar-refractivity contribution in [2.75, 3.05) is 18.1 Å². The molecule has 23 heavy (non-hydrogen) atoms. The zero-order valence-corrected chi connectivity index (χ0v) is 13.3. The van der Waals surface area contributed by atoms with Gasteiger partial charge in [0.15, 0.2) is 0 Å². The Balaban J connectivity index is 1.82. The van der Waals surface area contributed by atoms with Gasteiger partial charge in [0.25, 0.3) is 5.69 Å². The van der Waals surface area contributed by atoms with Crippen molar-refractivity contribution < 1.29 is 9.66 Å². The van der Waals surface area contributed by atoms with Crippen LogP contribution in [0.2, 0.25) is 5.02 Å². The van der Waals surface area contributed by atoms with Gasteiger partial charge in [0.1, 0.15) is 18.1 Å². The monoisotopic (exact) mass is 333 g/mol. The summed E-state index contributed by atoms with van der Waals surface area (Å²) in [7, 11) is 0. The molecule has 2 unspecified atom stereocenters. The van der Waals surface area contributed by atoms with E-state index in [2.05, 4.69) is 9.88 Å². The Morgan fingerprint density at radius 3 is 2.87 bits per heavy atom. The fourth-order valence-electron chi connectivity index (χ4n) is 2.64. The van der Waals surface area contributed by atoms with E-state index < -0.39 is 4.92 Å². The number of aromatic nitrogens is 1. The van der Waals surface area contributed by atoms with E-state index in [0.717, 1.165) is 5.56 Å². The van der Waals surface area contributed by atoms with Crippen molar-refractivity contribution in [3.05, 3.63) is 63.3 Å². The number of anilines is 1. The molecule has 0 amide bonds. The molecule has 0 radical (unpaired) electrons. The highest BCUT2D eigenvalue weighted by Gasteiger charge is 2.28. The lowest BCUT2D eigenvalue weighted by Crippen LogP contribution is -2.45. The maximum atomic E-state index is 10.7. The number of nitro groups is 1. The molecule has 1 saturated heterocycles. The standard InChI is InChI=1S/C16H16ClN3O3/c1-11-10-23-15(12-3-2-4-13(17)7-12)9-19(11)16-6-5-14(8-18-16)20(21)22/h2-8,11,15H,9-10H2,1H3. The molecule has 3 rings (SSSR count). The molecule has 0 saturated carbocycles. The third kappa shape index (κ3) is 3.43. The third-order valence-corrected chi connectivity index (χ3v) is 4.13. The van der Waals surface area contributed by atoms with E-state index in [0.29, 0.717) is 24.0 Å². The topological polar surface area (TPSA) is 68.5 Å². The molecule has 2 atom stereocenters. The van der Waals surface area contributed by atoms with Crippen LogP contribution in [0.3, 0.4) is 0 Å². The first kappa shape index (κ1) is 15.7. The maximum absolute atomic E-state index is 10.7. The van der Waals surface area contributed by atoms with Gasteiger partial charge in [0.2, 0.25) is 0 Å². The van der Waals surface area contributed by atoms with Crippen molar-refractivity contribution in [1.82, 2.24) is 4.98 Å². The van der Waals surface area contributed by atoms with Crippen LogP contribution in [0.1, 0.15) is 18.6 Å². The van der Waals surface area contributed by atoms with Gasteiger partial charge in [-0.1, -0.05) is 23.7 Å². The highest BCUT2D eigenvalue weighted by Crippen LogP contribution is 2.29. The van der Waals surface area contributed by atoms with Gasteiger partial charge >= 0.3 is 0 Å². The fraction of sp³-hybridized carbons (Fsp3) is 0.312. The normalized spacial score (nSPS) is 21.2. The summed E-state index contributed by atoms with van der Waals surface area (Å²) in [5, 5.41) is 11.4. The van der Waals surface area contributed by atoms with Gasteiger partial charge in [-0.2, -0.15) is 0 Å². The molecular weight excluding hydrogens is 318 g/mol. The van der Waals surface area contributed by atoms with Crippen LogP contribution in [0.25, 0.3) is 0 Å². The van der Waals surface area contributed by atoms with Crippen molar-refractivity contribution in [3.63, 3.8) is 0 Å². The number of ether oxygens (including phenoxy) is 1. The first-order chi connectivity index (χ1) is 11.0. The highest BCUT2D eigenvalue weighted by molar-refractivity contribution is 6.30. The SMILES string of the molecule is CC1COC(c2cccc(Cl)c2)CN1c1ccc([N+](=O)[O-])cn1. The van der Waals surface area contributed by atoms with Crippen molar-refractivity contribution in [2.45, 2.75) is 19.1 Å². The maximum Gasteiger partial charge on any atom is 0.287 e. The first-order valence-electron chi connectivity index (χ1n) is 7.29. The van der Waals surface area contributed by atoms with Crippen molar-refractivity contribution in [2.24, 2.45) is 0 Å². The summed E-state index contributed by atoms with van der Waals surface area (Å²) in [6, 6.07) is 10.9. The minimum absolute atomic E-state index is 0.0129. The quantitative estimate of drug-likeness (QED) is 0.634. The minimum atomic E-state index is -0.450. The summed E-state index contributed by atoms with van der Waals surface area (Å²) in [4.78, 5) is 16.6. The van der Waals surface area contributed by atoms with Gasteiger partial charge < -0.3 is 9.64 Å². The number of pyridine rings is 1. The molecule has 1 aromatic carbocycles. The van der Waals surface area contributed by atoms with Gasteiger partial charge in [-0.25, -0.2) is 4.98 Å². The lowest BCUT2D eigenvalue weighted by atomic mass is 10.1. The van der Waals surface area contributed by atoms with E-state index in [-0.39, 0.29) is 17.8 Å². The van der Waals surface area contributed by atoms with Gasteiger partial charge in [0, 0.05) is 11.1 Å². The Labute approximate surface area is 138 Å². The van der Waals surface area contributed by atoms with Crippen molar-refractivity contribution >= 4 is 23.1 Å². The second-order valence-corrected chi connectivity index (χ2v) is 5.95. The summed E-state index contributed by atoms with van der Waals surface area (Å²) in [5.41, 5.74) is 0.998. The van der Waals surface area contributed by atoms with Crippen LogP contribution in [-0.4, -0.2) is 29.1 Å². The lowest BCUT2D eigenvalue weighted by Gasteiger charge is -2.39. The summed E-state index contributed by atoms with van der Waals surface area (Å²) in [5.74, 6) is 0.707. The number of rotatable bonds is 3. The molecule has 2 aromatic rings. The molecule has 1 aliphatic heterocycles. The molecule has 1 aromatic heterocycles. The molecule has 0 spiro atoms. The molecule has 0 bridgehead atoms. The molecule has 2 heterocycles. The number of morpholine rings is 1. The second kappa shape index (κ2) is 6.52. The molecule has 7 heteroatoms. The zero-order valence-electron chi connectivity index (χ0n) is 12.6. The van der Waals surface area contributed by atoms with E-state index >= 15 is 0 Å². The Kier molecular flexibility index (Phi) is 4.45. The third-order valence-electron chi connectivity index (χ3n) is 3.89. The van der Waals surface area contributed by atoms with E-state index in [4.69, 9.17) is 16.3 Å². The Morgan fingerprint density at radius 1 is 1.39 bits per heavy atom. The average molecular weight is 334 g/mol. The van der Waals surface area contributed by atoms with E-state index in [1.165, 1.54) is 12.3 Å². The van der Waals surface area contributed by atoms with E-state index in [1.54, 1.807) is 6.07 Å². The van der Waals surface area contributed by atoms with E-state index in [1.807, 2.05) is 31.2 Å². The second-order valence-electron chi connectivity index (χ2n) is 5.51. The average Bonchev–Trinajstić information content (AvgIpc) is 2.55. The molecule has 1 fully saturated rings.